The van der Waals surface area contributed by atoms with Crippen LogP contribution < -0.4 is 10.6 Å². The number of nitrogens with one attached hydrogen (secondary N) is 2. The summed E-state index contributed by atoms with van der Waals surface area (Å²) in [6, 6.07) is 14.5. The van der Waals surface area contributed by atoms with Gasteiger partial charge in [-0.15, -0.1) is 24.2 Å². The monoisotopic (exact) mass is 796 g/mol. The van der Waals surface area contributed by atoms with Gasteiger partial charge in [0.2, 0.25) is 0 Å². The Morgan fingerprint density at radius 2 is 0.982 bits per heavy atom. The molecule has 2 aromatic carbocycles. The SMILES string of the molecule is CC1(C)C[N-]CC(C)(OCCNC(=O)c2cnc3ccccc3n2)C(=O)[N-]C(C)(C)C[N-]CC(C)(OCCNC(=O)c2cnc3ccccc3n2)C(=O)[N-]1.[Ni]. The van der Waals surface area contributed by atoms with Gasteiger partial charge in [0.1, 0.15) is 11.4 Å². The molecule has 1 aliphatic rings. The van der Waals surface area contributed by atoms with Gasteiger partial charge in [0.25, 0.3) is 11.8 Å². The van der Waals surface area contributed by atoms with E-state index in [4.69, 9.17) is 9.47 Å². The summed E-state index contributed by atoms with van der Waals surface area (Å²) in [5, 5.41) is 23.6. The van der Waals surface area contributed by atoms with Crippen LogP contribution >= 0.6 is 0 Å². The molecule has 0 saturated carbocycles. The Labute approximate surface area is 330 Å². The number of rotatable bonds is 10. The number of carbonyl (C=O) groups is 4. The van der Waals surface area contributed by atoms with Gasteiger partial charge in [0.05, 0.1) is 70.7 Å². The molecule has 1 saturated heterocycles. The molecule has 17 heteroatoms. The second-order valence-corrected chi connectivity index (χ2v) is 14.7. The Kier molecular flexibility index (Phi) is 14.3. The second kappa shape index (κ2) is 18.3. The van der Waals surface area contributed by atoms with Crippen LogP contribution in [0.25, 0.3) is 43.3 Å². The van der Waals surface area contributed by atoms with Gasteiger partial charge < -0.3 is 51.0 Å². The van der Waals surface area contributed by atoms with Crippen LogP contribution in [-0.2, 0) is 35.6 Å². The van der Waals surface area contributed by atoms with Crippen molar-refractivity contribution < 1.29 is 45.1 Å². The molecule has 0 radical (unpaired) electrons. The summed E-state index contributed by atoms with van der Waals surface area (Å²) in [5.74, 6) is -1.93. The van der Waals surface area contributed by atoms with Crippen LogP contribution in [0.1, 0.15) is 62.5 Å². The molecule has 0 bridgehead atoms. The van der Waals surface area contributed by atoms with Gasteiger partial charge in [-0.1, -0.05) is 52.0 Å². The third kappa shape index (κ3) is 11.7. The fraction of sp³-hybridized carbons (Fsp3) is 0.474. The Morgan fingerprint density at radius 3 is 1.36 bits per heavy atom. The van der Waals surface area contributed by atoms with Gasteiger partial charge in [-0.05, 0) is 38.1 Å². The quantitative estimate of drug-likeness (QED) is 0.170. The number of hydrogen-bond donors (Lipinski definition) is 2. The standard InChI is InChI=1S/C38H48N10O6.Ni/c1-35(2)21-39-23-38(6,54-18-16-42-32(50)30-20-44-26-12-8-10-14-28(26)46-30)34(52)48-36(3,4)22-40-24-37(5,33(51)47-35)53-17-15-41-31(49)29-19-43-25-11-7-9-13-27(25)45-29;/h7-14,19-20H,15-18,21-24H2,1-6H3,(H4,41,42,47,48,49,50,51,52);/q-2;/p-2. The van der Waals surface area contributed by atoms with E-state index in [-0.39, 0.29) is 80.4 Å². The number of aromatic nitrogens is 4. The van der Waals surface area contributed by atoms with Gasteiger partial charge in [-0.3, -0.25) is 19.6 Å². The second-order valence-electron chi connectivity index (χ2n) is 14.7. The van der Waals surface area contributed by atoms with E-state index < -0.39 is 45.9 Å². The van der Waals surface area contributed by atoms with Crippen molar-refractivity contribution in [3.05, 3.63) is 93.6 Å². The summed E-state index contributed by atoms with van der Waals surface area (Å²) in [4.78, 5) is 70.2. The zero-order valence-corrected chi connectivity index (χ0v) is 32.8. The van der Waals surface area contributed by atoms with Crippen LogP contribution in [-0.4, -0.2) is 118 Å². The van der Waals surface area contributed by atoms with Crippen LogP contribution in [0.5, 0.6) is 0 Å². The number of carbonyl (C=O) groups excluding carboxylic acids is 4. The van der Waals surface area contributed by atoms with Crippen molar-refractivity contribution in [3.8, 4) is 0 Å². The Bertz CT molecular complexity index is 1860. The van der Waals surface area contributed by atoms with Crippen molar-refractivity contribution in [3.63, 3.8) is 0 Å². The van der Waals surface area contributed by atoms with Crippen LogP contribution in [0.4, 0.5) is 0 Å². The van der Waals surface area contributed by atoms with Crippen molar-refractivity contribution in [2.45, 2.75) is 63.8 Å². The summed E-state index contributed by atoms with van der Waals surface area (Å²) >= 11 is 0. The maximum Gasteiger partial charge on any atom is 0.271 e. The van der Waals surface area contributed by atoms with Gasteiger partial charge in [-0.25, -0.2) is 9.97 Å². The predicted octanol–water partition coefficient (Wildman–Crippen LogP) is 4.40. The number of fused-ring (bicyclic) bond motifs is 2. The molecule has 55 heavy (non-hydrogen) atoms. The van der Waals surface area contributed by atoms with Crippen LogP contribution in [0.15, 0.2) is 60.9 Å². The minimum Gasteiger partial charge on any atom is -0.660 e. The number of ether oxygens (including phenoxy) is 2. The molecule has 5 rings (SSSR count). The molecule has 2 atom stereocenters. The maximum absolute atomic E-state index is 13.7. The number of hydrogen-bond acceptors (Lipinski definition) is 10. The largest absolute Gasteiger partial charge is 0.660 e. The summed E-state index contributed by atoms with van der Waals surface area (Å²) in [5.41, 5.74) is -2.00. The molecule has 1 fully saturated rings. The van der Waals surface area contributed by atoms with Crippen LogP contribution in [0.2, 0.25) is 0 Å². The zero-order chi connectivity index (χ0) is 39.0. The molecule has 298 valence electrons. The van der Waals surface area contributed by atoms with E-state index in [2.05, 4.69) is 51.8 Å². The van der Waals surface area contributed by atoms with Crippen molar-refractivity contribution >= 4 is 45.7 Å². The predicted molar refractivity (Wildman–Crippen MR) is 204 cm³/mol. The van der Waals surface area contributed by atoms with Crippen LogP contribution in [0, 0.1) is 0 Å². The molecule has 4 aromatic rings. The topological polar surface area (TPSA) is 219 Å². The normalized spacial score (nSPS) is 21.7. The smallest absolute Gasteiger partial charge is 0.271 e. The number of nitrogens with zero attached hydrogens (tertiary/aromatic N) is 8. The third-order valence-corrected chi connectivity index (χ3v) is 8.52. The molecule has 0 aliphatic carbocycles. The third-order valence-electron chi connectivity index (χ3n) is 8.52. The van der Waals surface area contributed by atoms with E-state index in [1.807, 2.05) is 36.4 Å². The molecule has 3 heterocycles. The molecule has 2 unspecified atom stereocenters. The summed E-state index contributed by atoms with van der Waals surface area (Å²) in [6.45, 7) is 10.4. The van der Waals surface area contributed by atoms with Gasteiger partial charge in [0.15, 0.2) is 0 Å². The van der Waals surface area contributed by atoms with Crippen molar-refractivity contribution in [2.24, 2.45) is 0 Å². The zero-order valence-electron chi connectivity index (χ0n) is 31.8. The van der Waals surface area contributed by atoms with Crippen molar-refractivity contribution in [1.29, 1.82) is 0 Å². The Balaban J connectivity index is 0.00000673. The molecule has 1 aliphatic heterocycles. The molecular formula is C38H46N10NiO6-4. The fourth-order valence-electron chi connectivity index (χ4n) is 5.49. The van der Waals surface area contributed by atoms with Crippen LogP contribution in [0.3, 0.4) is 0 Å². The summed E-state index contributed by atoms with van der Waals surface area (Å²) < 4.78 is 12.1. The van der Waals surface area contributed by atoms with Crippen molar-refractivity contribution in [1.82, 2.24) is 30.6 Å². The molecule has 2 aromatic heterocycles. The fourth-order valence-corrected chi connectivity index (χ4v) is 5.49. The molecule has 4 amide bonds. The number of para-hydroxylation sites is 4. The summed E-state index contributed by atoms with van der Waals surface area (Å²) in [7, 11) is 0. The van der Waals surface area contributed by atoms with E-state index in [9.17, 15) is 19.2 Å². The van der Waals surface area contributed by atoms with E-state index in [0.29, 0.717) is 22.1 Å². The first-order chi connectivity index (χ1) is 25.6. The minimum absolute atomic E-state index is 0. The summed E-state index contributed by atoms with van der Waals surface area (Å²) in [6.07, 6.45) is 2.81. The van der Waals surface area contributed by atoms with Crippen molar-refractivity contribution in [2.75, 3.05) is 52.5 Å². The molecule has 2 N–H and O–H groups in total. The Hall–Kier alpha value is -4.67. The van der Waals surface area contributed by atoms with Gasteiger partial charge in [0, 0.05) is 29.6 Å². The average Bonchev–Trinajstić information content (AvgIpc) is 3.13. The van der Waals surface area contributed by atoms with Gasteiger partial charge >= 0.3 is 0 Å². The maximum atomic E-state index is 13.7. The molecular weight excluding hydrogens is 751 g/mol. The van der Waals surface area contributed by atoms with E-state index >= 15 is 0 Å². The average molecular weight is 798 g/mol. The number of benzene rings is 2. The minimum atomic E-state index is -1.46. The first-order valence-corrected chi connectivity index (χ1v) is 17.7. The first kappa shape index (κ1) is 43.1. The van der Waals surface area contributed by atoms with Gasteiger partial charge in [-0.2, -0.15) is 13.1 Å². The molecule has 16 nitrogen and oxygen atoms in total. The molecule has 0 spiro atoms. The van der Waals surface area contributed by atoms with E-state index in [1.54, 1.807) is 53.7 Å². The Morgan fingerprint density at radius 1 is 0.618 bits per heavy atom. The van der Waals surface area contributed by atoms with E-state index in [1.165, 1.54) is 12.4 Å². The number of amides is 4. The first-order valence-electron chi connectivity index (χ1n) is 17.7. The van der Waals surface area contributed by atoms with E-state index in [0.717, 1.165) is 0 Å².